The van der Waals surface area contributed by atoms with E-state index < -0.39 is 0 Å². The van der Waals surface area contributed by atoms with Crippen LogP contribution < -0.4 is 5.43 Å². The van der Waals surface area contributed by atoms with E-state index in [4.69, 9.17) is 9.15 Å². The molecule has 0 unspecified atom stereocenters. The molecule has 0 aliphatic rings. The summed E-state index contributed by atoms with van der Waals surface area (Å²) >= 11 is 2.93. The lowest BCUT2D eigenvalue weighted by Crippen LogP contribution is -2.19. The van der Waals surface area contributed by atoms with Crippen LogP contribution in [-0.4, -0.2) is 35.4 Å². The Balaban J connectivity index is 1.28. The highest BCUT2D eigenvalue weighted by Crippen LogP contribution is 2.29. The summed E-state index contributed by atoms with van der Waals surface area (Å²) < 4.78 is 12.6. The second-order valence-corrected chi connectivity index (χ2v) is 8.78. The number of hydrogen-bond acceptors (Lipinski definition) is 8. The van der Waals surface area contributed by atoms with Crippen molar-refractivity contribution in [3.05, 3.63) is 72.0 Å². The number of fused-ring (bicyclic) bond motifs is 1. The summed E-state index contributed by atoms with van der Waals surface area (Å²) in [7, 11) is 0. The summed E-state index contributed by atoms with van der Waals surface area (Å²) in [5.41, 5.74) is 4.72. The van der Waals surface area contributed by atoms with Crippen molar-refractivity contribution < 1.29 is 18.7 Å². The van der Waals surface area contributed by atoms with Crippen LogP contribution in [0, 0.1) is 0 Å². The molecule has 9 heteroatoms. The van der Waals surface area contributed by atoms with E-state index >= 15 is 0 Å². The molecule has 0 aliphatic heterocycles. The van der Waals surface area contributed by atoms with Gasteiger partial charge >= 0.3 is 5.97 Å². The lowest BCUT2D eigenvalue weighted by molar-refractivity contribution is -0.118. The van der Waals surface area contributed by atoms with Crippen LogP contribution in [0.15, 0.2) is 74.5 Å². The molecule has 1 N–H and O–H groups in total. The molecule has 2 heterocycles. The molecule has 0 saturated heterocycles. The smallest absolute Gasteiger partial charge is 0.338 e. The maximum Gasteiger partial charge on any atom is 0.338 e. The predicted molar refractivity (Wildman–Crippen MR) is 126 cm³/mol. The van der Waals surface area contributed by atoms with Gasteiger partial charge in [0.15, 0.2) is 4.34 Å². The van der Waals surface area contributed by atoms with Gasteiger partial charge in [-0.2, -0.15) is 5.10 Å². The summed E-state index contributed by atoms with van der Waals surface area (Å²) in [5.74, 6) is 0.747. The second-order valence-electron chi connectivity index (χ2n) is 6.53. The zero-order valence-electron chi connectivity index (χ0n) is 17.1. The van der Waals surface area contributed by atoms with Gasteiger partial charge in [-0.15, -0.1) is 11.3 Å². The fourth-order valence-corrected chi connectivity index (χ4v) is 4.66. The number of esters is 1. The SMILES string of the molecule is CCOC(=O)c1ccc(-c2ccc(/C=N\NC(=O)CSc3nc4ccccc4s3)o2)cc1. The highest BCUT2D eigenvalue weighted by Gasteiger charge is 2.09. The zero-order chi connectivity index (χ0) is 22.3. The Morgan fingerprint density at radius 2 is 1.97 bits per heavy atom. The van der Waals surface area contributed by atoms with Gasteiger partial charge in [0.1, 0.15) is 11.5 Å². The average Bonchev–Trinajstić information content (AvgIpc) is 3.45. The van der Waals surface area contributed by atoms with Gasteiger partial charge in [-0.3, -0.25) is 4.79 Å². The number of para-hydroxylation sites is 1. The summed E-state index contributed by atoms with van der Waals surface area (Å²) in [4.78, 5) is 28.3. The number of thioether (sulfide) groups is 1. The third kappa shape index (κ3) is 5.43. The summed E-state index contributed by atoms with van der Waals surface area (Å²) in [6.07, 6.45) is 1.44. The molecule has 4 rings (SSSR count). The van der Waals surface area contributed by atoms with Crippen LogP contribution in [0.1, 0.15) is 23.0 Å². The molecular formula is C23H19N3O4S2. The molecule has 162 valence electrons. The first-order chi connectivity index (χ1) is 15.6. The van der Waals surface area contributed by atoms with Gasteiger partial charge in [0.25, 0.3) is 5.91 Å². The van der Waals surface area contributed by atoms with E-state index in [1.54, 1.807) is 54.7 Å². The van der Waals surface area contributed by atoms with Crippen molar-refractivity contribution in [3.8, 4) is 11.3 Å². The van der Waals surface area contributed by atoms with Crippen LogP contribution >= 0.6 is 23.1 Å². The molecule has 7 nitrogen and oxygen atoms in total. The van der Waals surface area contributed by atoms with Crippen molar-refractivity contribution in [2.24, 2.45) is 5.10 Å². The van der Waals surface area contributed by atoms with Gasteiger partial charge in [0.05, 0.1) is 34.4 Å². The molecule has 0 aliphatic carbocycles. The van der Waals surface area contributed by atoms with E-state index in [1.165, 1.54) is 18.0 Å². The fourth-order valence-electron chi connectivity index (χ4n) is 2.80. The number of carbonyl (C=O) groups excluding carboxylic acids is 2. The lowest BCUT2D eigenvalue weighted by Gasteiger charge is -2.02. The van der Waals surface area contributed by atoms with Gasteiger partial charge in [-0.1, -0.05) is 36.0 Å². The molecule has 0 saturated carbocycles. The molecule has 0 radical (unpaired) electrons. The summed E-state index contributed by atoms with van der Waals surface area (Å²) in [6.45, 7) is 2.10. The van der Waals surface area contributed by atoms with Gasteiger partial charge in [0.2, 0.25) is 0 Å². The number of ether oxygens (including phenoxy) is 1. The maximum absolute atomic E-state index is 12.0. The minimum atomic E-state index is -0.358. The van der Waals surface area contributed by atoms with Crippen molar-refractivity contribution in [1.82, 2.24) is 10.4 Å². The molecule has 0 spiro atoms. The van der Waals surface area contributed by atoms with Crippen LogP contribution in [0.25, 0.3) is 21.5 Å². The quantitative estimate of drug-likeness (QED) is 0.171. The molecule has 32 heavy (non-hydrogen) atoms. The number of carbonyl (C=O) groups is 2. The van der Waals surface area contributed by atoms with Crippen molar-refractivity contribution in [3.63, 3.8) is 0 Å². The van der Waals surface area contributed by atoms with Gasteiger partial charge < -0.3 is 9.15 Å². The minimum Gasteiger partial charge on any atom is -0.462 e. The summed E-state index contributed by atoms with van der Waals surface area (Å²) in [6, 6.07) is 18.4. The number of aromatic nitrogens is 1. The monoisotopic (exact) mass is 465 g/mol. The number of rotatable bonds is 8. The number of nitrogens with zero attached hydrogens (tertiary/aromatic N) is 2. The number of furan rings is 1. The van der Waals surface area contributed by atoms with Crippen molar-refractivity contribution >= 4 is 51.4 Å². The highest BCUT2D eigenvalue weighted by atomic mass is 32.2. The Bertz CT molecular complexity index is 1230. The number of benzene rings is 2. The van der Waals surface area contributed by atoms with Crippen LogP contribution in [-0.2, 0) is 9.53 Å². The molecule has 4 aromatic rings. The molecular weight excluding hydrogens is 446 g/mol. The molecule has 2 aromatic heterocycles. The normalized spacial score (nSPS) is 11.2. The first-order valence-electron chi connectivity index (χ1n) is 9.80. The van der Waals surface area contributed by atoms with E-state index in [1.807, 2.05) is 24.3 Å². The molecule has 0 atom stereocenters. The van der Waals surface area contributed by atoms with E-state index in [0.29, 0.717) is 23.7 Å². The third-order valence-corrected chi connectivity index (χ3v) is 6.47. The molecule has 1 amide bonds. The Kier molecular flexibility index (Phi) is 6.98. The van der Waals surface area contributed by atoms with Crippen LogP contribution in [0.3, 0.4) is 0 Å². The first-order valence-corrected chi connectivity index (χ1v) is 11.6. The maximum atomic E-state index is 12.0. The van der Waals surface area contributed by atoms with Gasteiger partial charge in [0, 0.05) is 5.56 Å². The topological polar surface area (TPSA) is 93.8 Å². The largest absolute Gasteiger partial charge is 0.462 e. The van der Waals surface area contributed by atoms with E-state index in [9.17, 15) is 9.59 Å². The highest BCUT2D eigenvalue weighted by molar-refractivity contribution is 8.01. The van der Waals surface area contributed by atoms with Gasteiger partial charge in [-0.05, 0) is 43.3 Å². The van der Waals surface area contributed by atoms with Crippen molar-refractivity contribution in [2.75, 3.05) is 12.4 Å². The third-order valence-electron chi connectivity index (χ3n) is 4.29. The van der Waals surface area contributed by atoms with Crippen LogP contribution in [0.4, 0.5) is 0 Å². The van der Waals surface area contributed by atoms with E-state index in [0.717, 1.165) is 20.1 Å². The molecule has 0 fully saturated rings. The Hall–Kier alpha value is -3.43. The van der Waals surface area contributed by atoms with E-state index in [-0.39, 0.29) is 17.6 Å². The number of nitrogens with one attached hydrogen (secondary N) is 1. The van der Waals surface area contributed by atoms with Crippen LogP contribution in [0.2, 0.25) is 0 Å². The zero-order valence-corrected chi connectivity index (χ0v) is 18.7. The summed E-state index contributed by atoms with van der Waals surface area (Å²) in [5, 5.41) is 3.95. The first kappa shape index (κ1) is 21.8. The number of amides is 1. The van der Waals surface area contributed by atoms with Crippen molar-refractivity contribution in [2.45, 2.75) is 11.3 Å². The average molecular weight is 466 g/mol. The predicted octanol–water partition coefficient (Wildman–Crippen LogP) is 4.98. The number of hydrazone groups is 1. The van der Waals surface area contributed by atoms with Crippen molar-refractivity contribution in [1.29, 1.82) is 0 Å². The number of thiazole rings is 1. The molecule has 0 bridgehead atoms. The van der Waals surface area contributed by atoms with Crippen LogP contribution in [0.5, 0.6) is 0 Å². The number of hydrogen-bond donors (Lipinski definition) is 1. The lowest BCUT2D eigenvalue weighted by atomic mass is 10.1. The van der Waals surface area contributed by atoms with Gasteiger partial charge in [-0.25, -0.2) is 15.2 Å². The fraction of sp³-hybridized carbons (Fsp3) is 0.130. The Morgan fingerprint density at radius 1 is 1.16 bits per heavy atom. The minimum absolute atomic E-state index is 0.216. The molecule has 2 aromatic carbocycles. The Labute approximate surface area is 192 Å². The second kappa shape index (κ2) is 10.3. The Morgan fingerprint density at radius 3 is 2.75 bits per heavy atom. The standard InChI is InChI=1S/C23H19N3O4S2/c1-2-29-22(28)16-9-7-15(8-10-16)19-12-11-17(30-19)13-24-26-21(27)14-31-23-25-18-5-3-4-6-20(18)32-23/h3-13H,2,14H2,1H3,(H,26,27)/b24-13-. The van der Waals surface area contributed by atoms with E-state index in [2.05, 4.69) is 15.5 Å².